The average Bonchev–Trinajstić information content (AvgIpc) is 2.79. The Morgan fingerprint density at radius 1 is 1.50 bits per heavy atom. The second kappa shape index (κ2) is 7.07. The third kappa shape index (κ3) is 3.95. The summed E-state index contributed by atoms with van der Waals surface area (Å²) >= 11 is 1.52. The Balaban J connectivity index is 1.81. The maximum absolute atomic E-state index is 11.5. The van der Waals surface area contributed by atoms with Gasteiger partial charge in [0.2, 0.25) is 0 Å². The van der Waals surface area contributed by atoms with E-state index in [1.807, 2.05) is 6.92 Å². The van der Waals surface area contributed by atoms with Crippen LogP contribution in [-0.4, -0.2) is 24.6 Å². The van der Waals surface area contributed by atoms with E-state index in [0.717, 1.165) is 28.4 Å². The van der Waals surface area contributed by atoms with E-state index < -0.39 is 0 Å². The van der Waals surface area contributed by atoms with Gasteiger partial charge >= 0.3 is 5.97 Å². The number of carbonyl (C=O) groups is 1. The molecule has 112 valence electrons. The summed E-state index contributed by atoms with van der Waals surface area (Å²) in [5.74, 6) is 1.36. The van der Waals surface area contributed by atoms with E-state index in [4.69, 9.17) is 4.74 Å². The van der Waals surface area contributed by atoms with E-state index in [0.29, 0.717) is 5.69 Å². The van der Waals surface area contributed by atoms with Gasteiger partial charge in [-0.2, -0.15) is 0 Å². The molecule has 0 amide bonds. The number of nitrogens with zero attached hydrogens (tertiary/aromatic N) is 1. The molecule has 1 aromatic heterocycles. The number of methoxy groups -OCH3 is 1. The van der Waals surface area contributed by atoms with Crippen LogP contribution in [0.25, 0.3) is 0 Å². The number of thiazole rings is 1. The summed E-state index contributed by atoms with van der Waals surface area (Å²) in [6.45, 7) is 5.19. The monoisotopic (exact) mass is 296 g/mol. The third-order valence-corrected chi connectivity index (χ3v) is 4.98. The smallest absolute Gasteiger partial charge is 0.357 e. The number of rotatable bonds is 5. The zero-order valence-electron chi connectivity index (χ0n) is 12.6. The molecule has 0 aromatic carbocycles. The van der Waals surface area contributed by atoms with E-state index in [1.165, 1.54) is 50.6 Å². The highest BCUT2D eigenvalue weighted by Gasteiger charge is 2.19. The number of carbonyl (C=O) groups excluding carboxylic acids is 1. The summed E-state index contributed by atoms with van der Waals surface area (Å²) in [6, 6.07) is 0. The summed E-state index contributed by atoms with van der Waals surface area (Å²) in [6.07, 6.45) is 6.66. The Morgan fingerprint density at radius 3 is 3.00 bits per heavy atom. The van der Waals surface area contributed by atoms with Crippen molar-refractivity contribution in [2.45, 2.75) is 46.0 Å². The minimum Gasteiger partial charge on any atom is -0.464 e. The molecule has 0 aliphatic heterocycles. The molecule has 0 spiro atoms. The van der Waals surface area contributed by atoms with Crippen molar-refractivity contribution in [3.05, 3.63) is 10.6 Å². The average molecular weight is 296 g/mol. The van der Waals surface area contributed by atoms with Crippen molar-refractivity contribution in [2.75, 3.05) is 19.0 Å². The summed E-state index contributed by atoms with van der Waals surface area (Å²) in [7, 11) is 1.39. The second-order valence-corrected chi connectivity index (χ2v) is 6.97. The Bertz CT molecular complexity index is 459. The molecule has 20 heavy (non-hydrogen) atoms. The third-order valence-electron chi connectivity index (χ3n) is 4.05. The van der Waals surface area contributed by atoms with Crippen LogP contribution in [0.5, 0.6) is 0 Å². The highest BCUT2D eigenvalue weighted by Crippen LogP contribution is 2.31. The molecule has 1 aliphatic rings. The van der Waals surface area contributed by atoms with Crippen LogP contribution in [0.2, 0.25) is 0 Å². The molecule has 0 radical (unpaired) electrons. The Labute approximate surface area is 124 Å². The molecule has 2 rings (SSSR count). The number of hydrogen-bond donors (Lipinski definition) is 1. The van der Waals surface area contributed by atoms with Crippen molar-refractivity contribution in [1.29, 1.82) is 0 Å². The van der Waals surface area contributed by atoms with Gasteiger partial charge in [0, 0.05) is 11.4 Å². The normalized spacial score (nSPS) is 22.6. The molecule has 1 saturated carbocycles. The zero-order chi connectivity index (χ0) is 14.5. The van der Waals surface area contributed by atoms with Crippen LogP contribution in [0.3, 0.4) is 0 Å². The molecular weight excluding hydrogens is 272 g/mol. The summed E-state index contributed by atoms with van der Waals surface area (Å²) in [5.41, 5.74) is 0.436. The van der Waals surface area contributed by atoms with Crippen LogP contribution in [-0.2, 0) is 4.74 Å². The van der Waals surface area contributed by atoms with Crippen LogP contribution >= 0.6 is 11.3 Å². The number of aryl methyl sites for hydroxylation is 1. The fraction of sp³-hybridized carbons (Fsp3) is 0.733. The molecule has 4 nitrogen and oxygen atoms in total. The van der Waals surface area contributed by atoms with E-state index in [9.17, 15) is 4.79 Å². The lowest BCUT2D eigenvalue weighted by Crippen LogP contribution is -2.16. The highest BCUT2D eigenvalue weighted by molar-refractivity contribution is 7.15. The van der Waals surface area contributed by atoms with Gasteiger partial charge in [0.1, 0.15) is 0 Å². The summed E-state index contributed by atoms with van der Waals surface area (Å²) in [4.78, 5) is 16.7. The van der Waals surface area contributed by atoms with Crippen LogP contribution in [0, 0.1) is 18.8 Å². The molecule has 2 atom stereocenters. The molecule has 1 aliphatic carbocycles. The number of anilines is 1. The van der Waals surface area contributed by atoms with Crippen molar-refractivity contribution < 1.29 is 9.53 Å². The molecular formula is C15H24N2O2S. The van der Waals surface area contributed by atoms with Crippen LogP contribution in [0.1, 0.15) is 54.4 Å². The van der Waals surface area contributed by atoms with Crippen molar-refractivity contribution in [3.8, 4) is 0 Å². The molecule has 0 saturated heterocycles. The fourth-order valence-electron chi connectivity index (χ4n) is 2.96. The Hall–Kier alpha value is -1.10. The van der Waals surface area contributed by atoms with Gasteiger partial charge in [-0.25, -0.2) is 9.78 Å². The second-order valence-electron chi connectivity index (χ2n) is 5.77. The molecule has 2 unspecified atom stereocenters. The van der Waals surface area contributed by atoms with Gasteiger partial charge in [-0.1, -0.05) is 26.2 Å². The highest BCUT2D eigenvalue weighted by atomic mass is 32.1. The SMILES string of the molecule is COC(=O)c1nc(NCCC2CCCC(C)C2)sc1C. The first kappa shape index (κ1) is 15.3. The van der Waals surface area contributed by atoms with E-state index in [1.54, 1.807) is 0 Å². The van der Waals surface area contributed by atoms with Crippen molar-refractivity contribution in [1.82, 2.24) is 4.98 Å². The van der Waals surface area contributed by atoms with E-state index in [-0.39, 0.29) is 5.97 Å². The molecule has 5 heteroatoms. The number of nitrogens with one attached hydrogen (secondary N) is 1. The first-order valence-corrected chi connectivity index (χ1v) is 8.21. The van der Waals surface area contributed by atoms with Gasteiger partial charge in [0.25, 0.3) is 0 Å². The largest absolute Gasteiger partial charge is 0.464 e. The summed E-state index contributed by atoms with van der Waals surface area (Å²) in [5, 5.41) is 4.17. The predicted octanol–water partition coefficient (Wildman–Crippen LogP) is 3.87. The standard InChI is InChI=1S/C15H24N2O2S/c1-10-5-4-6-12(9-10)7-8-16-15-17-13(11(2)20-15)14(18)19-3/h10,12H,4-9H2,1-3H3,(H,16,17). The Kier molecular flexibility index (Phi) is 5.40. The molecule has 1 heterocycles. The van der Waals surface area contributed by atoms with E-state index in [2.05, 4.69) is 17.2 Å². The number of aromatic nitrogens is 1. The first-order chi connectivity index (χ1) is 9.60. The van der Waals surface area contributed by atoms with Gasteiger partial charge in [0.15, 0.2) is 10.8 Å². The number of hydrogen-bond acceptors (Lipinski definition) is 5. The van der Waals surface area contributed by atoms with E-state index >= 15 is 0 Å². The van der Waals surface area contributed by atoms with Crippen LogP contribution in [0.4, 0.5) is 5.13 Å². The number of esters is 1. The van der Waals surface area contributed by atoms with Gasteiger partial charge < -0.3 is 10.1 Å². The van der Waals surface area contributed by atoms with Gasteiger partial charge in [0.05, 0.1) is 7.11 Å². The summed E-state index contributed by atoms with van der Waals surface area (Å²) < 4.78 is 4.72. The minimum atomic E-state index is -0.354. The van der Waals surface area contributed by atoms with Crippen molar-refractivity contribution >= 4 is 22.4 Å². The van der Waals surface area contributed by atoms with Crippen molar-refractivity contribution in [2.24, 2.45) is 11.8 Å². The fourth-order valence-corrected chi connectivity index (χ4v) is 3.79. The maximum atomic E-state index is 11.5. The van der Waals surface area contributed by atoms with Crippen LogP contribution < -0.4 is 5.32 Å². The van der Waals surface area contributed by atoms with Gasteiger partial charge in [-0.05, 0) is 31.6 Å². The lowest BCUT2D eigenvalue weighted by Gasteiger charge is -2.26. The molecule has 1 fully saturated rings. The van der Waals surface area contributed by atoms with Gasteiger partial charge in [-0.15, -0.1) is 11.3 Å². The molecule has 1 N–H and O–H groups in total. The lowest BCUT2D eigenvalue weighted by molar-refractivity contribution is 0.0594. The number of ether oxygens (including phenoxy) is 1. The zero-order valence-corrected chi connectivity index (χ0v) is 13.4. The minimum absolute atomic E-state index is 0.354. The van der Waals surface area contributed by atoms with Crippen LogP contribution in [0.15, 0.2) is 0 Å². The maximum Gasteiger partial charge on any atom is 0.357 e. The Morgan fingerprint density at radius 2 is 2.30 bits per heavy atom. The van der Waals surface area contributed by atoms with Crippen molar-refractivity contribution in [3.63, 3.8) is 0 Å². The quantitative estimate of drug-likeness (QED) is 0.838. The predicted molar refractivity (Wildman–Crippen MR) is 82.4 cm³/mol. The lowest BCUT2D eigenvalue weighted by atomic mass is 9.81. The molecule has 0 bridgehead atoms. The first-order valence-electron chi connectivity index (χ1n) is 7.39. The van der Waals surface area contributed by atoms with Gasteiger partial charge in [-0.3, -0.25) is 0 Å². The topological polar surface area (TPSA) is 51.2 Å². The molecule has 1 aromatic rings.